The summed E-state index contributed by atoms with van der Waals surface area (Å²) in [5.41, 5.74) is 2.41. The van der Waals surface area contributed by atoms with E-state index in [2.05, 4.69) is 58.2 Å². The van der Waals surface area contributed by atoms with Crippen LogP contribution in [0.1, 0.15) is 30.9 Å². The Morgan fingerprint density at radius 2 is 1.96 bits per heavy atom. The Morgan fingerprint density at radius 3 is 2.63 bits per heavy atom. The molecule has 0 saturated carbocycles. The minimum absolute atomic E-state index is 0.466. The lowest BCUT2D eigenvalue weighted by atomic mass is 10.1. The first-order valence-corrected chi connectivity index (χ1v) is 10.6. The van der Waals surface area contributed by atoms with E-state index in [4.69, 9.17) is 9.73 Å². The van der Waals surface area contributed by atoms with E-state index in [1.165, 1.54) is 16.1 Å². The number of ether oxygens (including phenoxy) is 1. The van der Waals surface area contributed by atoms with E-state index in [1.54, 1.807) is 7.11 Å². The molecule has 5 nitrogen and oxygen atoms in total. The number of nitrogens with zero attached hydrogens (tertiary/aromatic N) is 2. The van der Waals surface area contributed by atoms with Crippen molar-refractivity contribution in [1.29, 1.82) is 0 Å². The molecule has 3 rings (SSSR count). The Bertz CT molecular complexity index is 709. The van der Waals surface area contributed by atoms with Crippen LogP contribution in [-0.2, 0) is 17.9 Å². The van der Waals surface area contributed by atoms with E-state index in [0.717, 1.165) is 38.4 Å². The quantitative estimate of drug-likeness (QED) is 0.564. The highest BCUT2D eigenvalue weighted by molar-refractivity contribution is 7.14. The third-order valence-corrected chi connectivity index (χ3v) is 5.75. The highest BCUT2D eigenvalue weighted by Crippen LogP contribution is 2.24. The predicted octanol–water partition coefficient (Wildman–Crippen LogP) is 3.62. The van der Waals surface area contributed by atoms with Gasteiger partial charge in [0.15, 0.2) is 5.96 Å². The molecular formula is C21H30N4OS. The number of hydrogen-bond acceptors (Lipinski definition) is 4. The van der Waals surface area contributed by atoms with Crippen molar-refractivity contribution in [3.63, 3.8) is 0 Å². The lowest BCUT2D eigenvalue weighted by Crippen LogP contribution is -2.48. The molecule has 0 spiro atoms. The molecule has 2 N–H and O–H groups in total. The minimum atomic E-state index is 0.466. The fourth-order valence-electron chi connectivity index (χ4n) is 3.38. The van der Waals surface area contributed by atoms with Gasteiger partial charge in [-0.25, -0.2) is 4.99 Å². The average Bonchev–Trinajstić information content (AvgIpc) is 3.23. The van der Waals surface area contributed by atoms with Gasteiger partial charge in [-0.3, -0.25) is 0 Å². The fourth-order valence-corrected chi connectivity index (χ4v) is 4.17. The normalized spacial score (nSPS) is 15.8. The second-order valence-electron chi connectivity index (χ2n) is 6.75. The summed E-state index contributed by atoms with van der Waals surface area (Å²) in [5, 5.41) is 10.5. The third kappa shape index (κ3) is 5.71. The summed E-state index contributed by atoms with van der Waals surface area (Å²) in [5.74, 6) is 0.902. The van der Waals surface area contributed by atoms with Gasteiger partial charge in [0, 0.05) is 32.8 Å². The second kappa shape index (κ2) is 10.3. The lowest BCUT2D eigenvalue weighted by molar-refractivity contribution is 0.184. The maximum Gasteiger partial charge on any atom is 0.191 e. The van der Waals surface area contributed by atoms with Gasteiger partial charge in [0.2, 0.25) is 0 Å². The van der Waals surface area contributed by atoms with Gasteiger partial charge in [-0.15, -0.1) is 11.3 Å². The summed E-state index contributed by atoms with van der Waals surface area (Å²) in [4.78, 5) is 7.30. The fraction of sp³-hybridized carbons (Fsp3) is 0.476. The van der Waals surface area contributed by atoms with Crippen LogP contribution < -0.4 is 15.5 Å². The summed E-state index contributed by atoms with van der Waals surface area (Å²) in [6.45, 7) is 6.43. The van der Waals surface area contributed by atoms with E-state index < -0.39 is 0 Å². The summed E-state index contributed by atoms with van der Waals surface area (Å²) >= 11 is 1.82. The Hall–Kier alpha value is -2.05. The Kier molecular flexibility index (Phi) is 7.54. The highest BCUT2D eigenvalue weighted by atomic mass is 32.1. The number of piperidine rings is 1. The average molecular weight is 387 g/mol. The van der Waals surface area contributed by atoms with Gasteiger partial charge in [-0.1, -0.05) is 24.3 Å². The van der Waals surface area contributed by atoms with Crippen molar-refractivity contribution in [3.8, 4) is 0 Å². The number of nitrogens with one attached hydrogen (secondary N) is 2. The van der Waals surface area contributed by atoms with Crippen LogP contribution in [0.4, 0.5) is 5.00 Å². The molecule has 0 atom stereocenters. The first-order valence-electron chi connectivity index (χ1n) is 9.69. The van der Waals surface area contributed by atoms with Crippen molar-refractivity contribution in [1.82, 2.24) is 10.6 Å². The SMILES string of the molecule is CCNC(=NCc1ccccc1COC)NC1CCN(c2cccs2)CC1. The van der Waals surface area contributed by atoms with E-state index in [-0.39, 0.29) is 0 Å². The minimum Gasteiger partial charge on any atom is -0.380 e. The molecule has 146 valence electrons. The van der Waals surface area contributed by atoms with Crippen molar-refractivity contribution >= 4 is 22.3 Å². The van der Waals surface area contributed by atoms with Gasteiger partial charge in [0.1, 0.15) is 0 Å². The zero-order valence-electron chi connectivity index (χ0n) is 16.3. The molecule has 2 heterocycles. The molecular weight excluding hydrogens is 356 g/mol. The molecule has 1 aliphatic rings. The summed E-state index contributed by atoms with van der Waals surface area (Å²) in [6.07, 6.45) is 2.26. The number of anilines is 1. The van der Waals surface area contributed by atoms with Crippen LogP contribution in [0, 0.1) is 0 Å². The van der Waals surface area contributed by atoms with Crippen LogP contribution in [0.25, 0.3) is 0 Å². The zero-order chi connectivity index (χ0) is 18.9. The van der Waals surface area contributed by atoms with Crippen molar-refractivity contribution in [2.24, 2.45) is 4.99 Å². The summed E-state index contributed by atoms with van der Waals surface area (Å²) in [6, 6.07) is 13.1. The molecule has 27 heavy (non-hydrogen) atoms. The van der Waals surface area contributed by atoms with Crippen molar-refractivity contribution in [3.05, 3.63) is 52.9 Å². The van der Waals surface area contributed by atoms with Crippen LogP contribution >= 0.6 is 11.3 Å². The summed E-state index contributed by atoms with van der Waals surface area (Å²) in [7, 11) is 1.73. The Balaban J connectivity index is 1.57. The van der Waals surface area contributed by atoms with E-state index in [9.17, 15) is 0 Å². The van der Waals surface area contributed by atoms with Crippen LogP contribution in [0.15, 0.2) is 46.8 Å². The number of rotatable bonds is 7. The van der Waals surface area contributed by atoms with Gasteiger partial charge in [0.05, 0.1) is 18.2 Å². The van der Waals surface area contributed by atoms with Gasteiger partial charge < -0.3 is 20.3 Å². The maximum atomic E-state index is 5.30. The zero-order valence-corrected chi connectivity index (χ0v) is 17.1. The number of methoxy groups -OCH3 is 1. The predicted molar refractivity (Wildman–Crippen MR) is 115 cm³/mol. The van der Waals surface area contributed by atoms with E-state index in [1.807, 2.05) is 17.4 Å². The van der Waals surface area contributed by atoms with Crippen molar-refractivity contribution < 1.29 is 4.74 Å². The maximum absolute atomic E-state index is 5.30. The molecule has 1 fully saturated rings. The first kappa shape index (κ1) is 19.7. The number of guanidine groups is 1. The number of benzene rings is 1. The lowest BCUT2D eigenvalue weighted by Gasteiger charge is -2.33. The molecule has 0 amide bonds. The molecule has 0 bridgehead atoms. The molecule has 2 aromatic rings. The number of aliphatic imine (C=N–C) groups is 1. The topological polar surface area (TPSA) is 48.9 Å². The van der Waals surface area contributed by atoms with Gasteiger partial charge in [-0.05, 0) is 48.4 Å². The van der Waals surface area contributed by atoms with Crippen LogP contribution in [0.3, 0.4) is 0 Å². The van der Waals surface area contributed by atoms with E-state index >= 15 is 0 Å². The molecule has 0 unspecified atom stereocenters. The number of hydrogen-bond donors (Lipinski definition) is 2. The third-order valence-electron chi connectivity index (χ3n) is 4.82. The molecule has 0 aliphatic carbocycles. The summed E-state index contributed by atoms with van der Waals surface area (Å²) < 4.78 is 5.30. The monoisotopic (exact) mass is 386 g/mol. The van der Waals surface area contributed by atoms with Gasteiger partial charge >= 0.3 is 0 Å². The van der Waals surface area contributed by atoms with Crippen LogP contribution in [-0.4, -0.2) is 38.7 Å². The highest BCUT2D eigenvalue weighted by Gasteiger charge is 2.20. The molecule has 1 saturated heterocycles. The van der Waals surface area contributed by atoms with Gasteiger partial charge in [-0.2, -0.15) is 0 Å². The number of thiophene rings is 1. The molecule has 0 radical (unpaired) electrons. The van der Waals surface area contributed by atoms with Gasteiger partial charge in [0.25, 0.3) is 0 Å². The van der Waals surface area contributed by atoms with Crippen LogP contribution in [0.5, 0.6) is 0 Å². The van der Waals surface area contributed by atoms with Crippen molar-refractivity contribution in [2.45, 2.75) is 39.0 Å². The molecule has 6 heteroatoms. The Labute approximate surface area is 166 Å². The largest absolute Gasteiger partial charge is 0.380 e. The van der Waals surface area contributed by atoms with Crippen molar-refractivity contribution in [2.75, 3.05) is 31.6 Å². The standard InChI is InChI=1S/C21H30N4OS/c1-3-22-21(23-15-17-7-4-5-8-18(17)16-26-2)24-19-10-12-25(13-11-19)20-9-6-14-27-20/h4-9,14,19H,3,10-13,15-16H2,1-2H3,(H2,22,23,24). The van der Waals surface area contributed by atoms with E-state index in [0.29, 0.717) is 19.2 Å². The van der Waals surface area contributed by atoms with Crippen LogP contribution in [0.2, 0.25) is 0 Å². The Morgan fingerprint density at radius 1 is 1.19 bits per heavy atom. The molecule has 1 aromatic carbocycles. The smallest absolute Gasteiger partial charge is 0.191 e. The first-order chi connectivity index (χ1) is 13.3. The molecule has 1 aromatic heterocycles. The second-order valence-corrected chi connectivity index (χ2v) is 7.68. The molecule has 1 aliphatic heterocycles.